The number of esters is 2. The lowest BCUT2D eigenvalue weighted by Gasteiger charge is -2.26. The first-order valence-corrected chi connectivity index (χ1v) is 10.7. The van der Waals surface area contributed by atoms with Gasteiger partial charge in [-0.25, -0.2) is 9.59 Å². The Bertz CT molecular complexity index is 1020. The molecular weight excluding hydrogens is 434 g/mol. The van der Waals surface area contributed by atoms with Crippen LogP contribution in [0.1, 0.15) is 20.3 Å². The van der Waals surface area contributed by atoms with E-state index < -0.39 is 29.9 Å². The van der Waals surface area contributed by atoms with E-state index in [-0.39, 0.29) is 43.4 Å². The molecule has 1 aromatic rings. The molecule has 0 bridgehead atoms. The molecule has 0 unspecified atom stereocenters. The molecule has 4 rings (SSSR count). The van der Waals surface area contributed by atoms with Gasteiger partial charge in [0.1, 0.15) is 19.8 Å². The third kappa shape index (κ3) is 4.71. The Morgan fingerprint density at radius 1 is 1.15 bits per heavy atom. The van der Waals surface area contributed by atoms with Gasteiger partial charge in [-0.15, -0.1) is 0 Å². The molecule has 0 saturated carbocycles. The van der Waals surface area contributed by atoms with Crippen LogP contribution in [0.5, 0.6) is 11.5 Å². The lowest BCUT2D eigenvalue weighted by atomic mass is 10.0. The number of nitrogens with zero attached hydrogens (tertiary/aromatic N) is 1. The lowest BCUT2D eigenvalue weighted by Crippen LogP contribution is -2.50. The molecule has 11 heteroatoms. The number of rotatable bonds is 6. The summed E-state index contributed by atoms with van der Waals surface area (Å²) in [5.41, 5.74) is 0.946. The summed E-state index contributed by atoms with van der Waals surface area (Å²) in [6.45, 7) is 4.18. The van der Waals surface area contributed by atoms with Crippen molar-refractivity contribution in [3.8, 4) is 11.5 Å². The monoisotopic (exact) mass is 459 g/mol. The smallest absolute Gasteiger partial charge is 0.338 e. The van der Waals surface area contributed by atoms with Gasteiger partial charge in [-0.1, -0.05) is 0 Å². The maximum absolute atomic E-state index is 12.7. The fourth-order valence-corrected chi connectivity index (χ4v) is 3.97. The number of nitrogens with one attached hydrogen (secondary N) is 2. The predicted octanol–water partition coefficient (Wildman–Crippen LogP) is 0.872. The number of fused-ring (bicyclic) bond motifs is 1. The first-order valence-electron chi connectivity index (χ1n) is 10.7. The van der Waals surface area contributed by atoms with Gasteiger partial charge in [-0.05, 0) is 26.0 Å². The summed E-state index contributed by atoms with van der Waals surface area (Å²) < 4.78 is 21.5. The molecule has 0 aromatic heterocycles. The Morgan fingerprint density at radius 2 is 1.91 bits per heavy atom. The van der Waals surface area contributed by atoms with Crippen molar-refractivity contribution < 1.29 is 38.1 Å². The highest BCUT2D eigenvalue weighted by Crippen LogP contribution is 2.36. The number of carbonyl (C=O) groups is 4. The van der Waals surface area contributed by atoms with E-state index in [1.807, 2.05) is 0 Å². The van der Waals surface area contributed by atoms with E-state index in [0.717, 1.165) is 0 Å². The number of ether oxygens (including phenoxy) is 4. The zero-order chi connectivity index (χ0) is 23.5. The van der Waals surface area contributed by atoms with Crippen LogP contribution in [0.25, 0.3) is 0 Å². The van der Waals surface area contributed by atoms with Crippen molar-refractivity contribution in [2.75, 3.05) is 37.9 Å². The largest absolute Gasteiger partial charge is 0.486 e. The van der Waals surface area contributed by atoms with Crippen molar-refractivity contribution in [2.24, 2.45) is 5.92 Å². The molecule has 0 spiro atoms. The number of anilines is 1. The summed E-state index contributed by atoms with van der Waals surface area (Å²) in [5, 5.41) is 5.08. The van der Waals surface area contributed by atoms with Crippen LogP contribution in [0.3, 0.4) is 0 Å². The fourth-order valence-electron chi connectivity index (χ4n) is 3.97. The average Bonchev–Trinajstić information content (AvgIpc) is 3.18. The van der Waals surface area contributed by atoms with Gasteiger partial charge in [0, 0.05) is 24.7 Å². The van der Waals surface area contributed by atoms with Crippen LogP contribution >= 0.6 is 0 Å². The average molecular weight is 459 g/mol. The highest BCUT2D eigenvalue weighted by molar-refractivity contribution is 6.00. The Balaban J connectivity index is 1.42. The highest BCUT2D eigenvalue weighted by Gasteiger charge is 2.37. The minimum absolute atomic E-state index is 0.0125. The van der Waals surface area contributed by atoms with Crippen LogP contribution in [-0.2, 0) is 23.9 Å². The summed E-state index contributed by atoms with van der Waals surface area (Å²) >= 11 is 0. The first-order chi connectivity index (χ1) is 15.9. The molecule has 176 valence electrons. The summed E-state index contributed by atoms with van der Waals surface area (Å²) in [6.07, 6.45) is -0.0125. The quantitative estimate of drug-likeness (QED) is 0.599. The Kier molecular flexibility index (Phi) is 6.38. The number of urea groups is 1. The molecule has 33 heavy (non-hydrogen) atoms. The molecule has 3 amide bonds. The Labute approximate surface area is 190 Å². The van der Waals surface area contributed by atoms with E-state index in [9.17, 15) is 19.2 Å². The summed E-state index contributed by atoms with van der Waals surface area (Å²) in [4.78, 5) is 50.9. The number of hydrogen-bond donors (Lipinski definition) is 2. The summed E-state index contributed by atoms with van der Waals surface area (Å²) in [7, 11) is 0. The van der Waals surface area contributed by atoms with Gasteiger partial charge in [-0.3, -0.25) is 9.59 Å². The molecule has 3 aliphatic rings. The fraction of sp³-hybridized carbons (Fsp3) is 0.455. The van der Waals surface area contributed by atoms with Gasteiger partial charge in [-0.2, -0.15) is 0 Å². The van der Waals surface area contributed by atoms with E-state index in [4.69, 9.17) is 18.9 Å². The first kappa shape index (κ1) is 22.4. The molecule has 1 aromatic carbocycles. The van der Waals surface area contributed by atoms with Gasteiger partial charge < -0.3 is 34.5 Å². The van der Waals surface area contributed by atoms with Crippen molar-refractivity contribution in [3.05, 3.63) is 29.5 Å². The van der Waals surface area contributed by atoms with Crippen LogP contribution in [0.15, 0.2) is 29.5 Å². The van der Waals surface area contributed by atoms with Crippen molar-refractivity contribution >= 4 is 29.6 Å². The zero-order valence-corrected chi connectivity index (χ0v) is 18.3. The number of hydrogen-bond acceptors (Lipinski definition) is 8. The maximum atomic E-state index is 12.7. The molecular formula is C22H25N3O8. The molecule has 1 fully saturated rings. The van der Waals surface area contributed by atoms with Gasteiger partial charge in [0.2, 0.25) is 5.91 Å². The SMILES string of the molecule is CCOC(=O)C1=C(COC(=O)[C@H]2CC(=O)N(c3ccc4c(c3)OCCO4)C2)NC(=O)N[C@@H]1C. The Hall–Kier alpha value is -3.76. The van der Waals surface area contributed by atoms with Crippen LogP contribution < -0.4 is 25.0 Å². The van der Waals surface area contributed by atoms with Crippen LogP contribution in [0.2, 0.25) is 0 Å². The molecule has 3 heterocycles. The lowest BCUT2D eigenvalue weighted by molar-refractivity contribution is -0.147. The topological polar surface area (TPSA) is 132 Å². The maximum Gasteiger partial charge on any atom is 0.338 e. The van der Waals surface area contributed by atoms with E-state index >= 15 is 0 Å². The molecule has 3 aliphatic heterocycles. The van der Waals surface area contributed by atoms with Gasteiger partial charge in [0.15, 0.2) is 11.5 Å². The minimum Gasteiger partial charge on any atom is -0.486 e. The second-order valence-corrected chi connectivity index (χ2v) is 7.77. The second kappa shape index (κ2) is 9.39. The van der Waals surface area contributed by atoms with E-state index in [1.165, 1.54) is 4.90 Å². The van der Waals surface area contributed by atoms with Gasteiger partial charge in [0.05, 0.1) is 29.8 Å². The van der Waals surface area contributed by atoms with Crippen molar-refractivity contribution in [3.63, 3.8) is 0 Å². The van der Waals surface area contributed by atoms with E-state index in [2.05, 4.69) is 10.6 Å². The van der Waals surface area contributed by atoms with E-state index in [0.29, 0.717) is 30.4 Å². The number of benzene rings is 1. The molecule has 0 aliphatic carbocycles. The normalized spacial score (nSPS) is 21.9. The summed E-state index contributed by atoms with van der Waals surface area (Å²) in [5.74, 6) is -0.955. The van der Waals surface area contributed by atoms with Crippen LogP contribution in [0, 0.1) is 5.92 Å². The van der Waals surface area contributed by atoms with Gasteiger partial charge in [0.25, 0.3) is 0 Å². The zero-order valence-electron chi connectivity index (χ0n) is 18.3. The van der Waals surface area contributed by atoms with Crippen molar-refractivity contribution in [1.29, 1.82) is 0 Å². The molecule has 11 nitrogen and oxygen atoms in total. The van der Waals surface area contributed by atoms with E-state index in [1.54, 1.807) is 32.0 Å². The van der Waals surface area contributed by atoms with Gasteiger partial charge >= 0.3 is 18.0 Å². The summed E-state index contributed by atoms with van der Waals surface area (Å²) in [6, 6.07) is 4.06. The highest BCUT2D eigenvalue weighted by atomic mass is 16.6. The number of carbonyl (C=O) groups excluding carboxylic acids is 4. The van der Waals surface area contributed by atoms with Crippen molar-refractivity contribution in [2.45, 2.75) is 26.3 Å². The predicted molar refractivity (Wildman–Crippen MR) is 114 cm³/mol. The third-order valence-corrected chi connectivity index (χ3v) is 5.52. The number of amides is 3. The third-order valence-electron chi connectivity index (χ3n) is 5.52. The second-order valence-electron chi connectivity index (χ2n) is 7.77. The molecule has 2 atom stereocenters. The van der Waals surface area contributed by atoms with Crippen molar-refractivity contribution in [1.82, 2.24) is 10.6 Å². The van der Waals surface area contributed by atoms with Crippen LogP contribution in [0.4, 0.5) is 10.5 Å². The molecule has 1 saturated heterocycles. The molecule has 2 N–H and O–H groups in total. The molecule has 0 radical (unpaired) electrons. The van der Waals surface area contributed by atoms with Crippen LogP contribution in [-0.4, -0.2) is 62.9 Å². The Morgan fingerprint density at radius 3 is 2.67 bits per heavy atom. The minimum atomic E-state index is -0.688. The standard InChI is InChI=1S/C22H25N3O8/c1-3-30-21(28)19-12(2)23-22(29)24-15(19)11-33-20(27)13-8-18(26)25(10-13)14-4-5-16-17(9-14)32-7-6-31-16/h4-5,9,12-13H,3,6-8,10-11H2,1-2H3,(H2,23,24,29)/t12-,13+/m1/s1.